The highest BCUT2D eigenvalue weighted by Crippen LogP contribution is 2.21. The second-order valence-corrected chi connectivity index (χ2v) is 5.60. The number of rotatable bonds is 6. The molecule has 1 aromatic carbocycles. The first-order valence-electron chi connectivity index (χ1n) is 6.39. The summed E-state index contributed by atoms with van der Waals surface area (Å²) in [6.07, 6.45) is 2.03. The summed E-state index contributed by atoms with van der Waals surface area (Å²) in [7, 11) is 0. The van der Waals surface area contributed by atoms with E-state index in [0.717, 1.165) is 23.2 Å². The molecule has 0 spiro atoms. The molecule has 1 heterocycles. The summed E-state index contributed by atoms with van der Waals surface area (Å²) in [6.45, 7) is 6.90. The van der Waals surface area contributed by atoms with E-state index in [1.54, 1.807) is 18.1 Å². The Bertz CT molecular complexity index is 525. The Morgan fingerprint density at radius 2 is 2.11 bits per heavy atom. The molecule has 0 aliphatic rings. The molecule has 5 heteroatoms. The van der Waals surface area contributed by atoms with Crippen molar-refractivity contribution in [3.05, 3.63) is 36.2 Å². The molecular formula is C14H19N3OS. The third kappa shape index (κ3) is 3.81. The number of benzene rings is 1. The van der Waals surface area contributed by atoms with Gasteiger partial charge in [0.1, 0.15) is 6.33 Å². The van der Waals surface area contributed by atoms with Crippen LogP contribution < -0.4 is 0 Å². The third-order valence-electron chi connectivity index (χ3n) is 2.66. The number of nitrogens with zero attached hydrogens (tertiary/aromatic N) is 3. The third-order valence-corrected chi connectivity index (χ3v) is 3.56. The summed E-state index contributed by atoms with van der Waals surface area (Å²) in [5.74, 6) is 0.878. The maximum Gasteiger partial charge on any atom is 0.195 e. The molecule has 0 atom stereocenters. The van der Waals surface area contributed by atoms with Crippen LogP contribution in [-0.4, -0.2) is 33.2 Å². The highest BCUT2D eigenvalue weighted by Gasteiger charge is 2.08. The number of ether oxygens (including phenoxy) is 1. The van der Waals surface area contributed by atoms with Gasteiger partial charge in [-0.2, -0.15) is 0 Å². The molecule has 0 N–H and O–H groups in total. The molecule has 0 aliphatic carbocycles. The summed E-state index contributed by atoms with van der Waals surface area (Å²) in [6, 6.07) is 8.23. The second-order valence-electron chi connectivity index (χ2n) is 4.54. The summed E-state index contributed by atoms with van der Waals surface area (Å²) >= 11 is 1.66. The number of hydrogen-bond acceptors (Lipinski definition) is 4. The Morgan fingerprint density at radius 3 is 2.84 bits per heavy atom. The van der Waals surface area contributed by atoms with Crippen LogP contribution in [0.5, 0.6) is 0 Å². The van der Waals surface area contributed by atoms with E-state index in [4.69, 9.17) is 4.74 Å². The largest absolute Gasteiger partial charge is 0.378 e. The zero-order valence-electron chi connectivity index (χ0n) is 11.5. The summed E-state index contributed by atoms with van der Waals surface area (Å²) in [4.78, 5) is 0. The Morgan fingerprint density at radius 1 is 1.32 bits per heavy atom. The maximum absolute atomic E-state index is 5.53. The van der Waals surface area contributed by atoms with Gasteiger partial charge in [0.05, 0.1) is 18.4 Å². The summed E-state index contributed by atoms with van der Waals surface area (Å²) < 4.78 is 7.55. The minimum absolute atomic E-state index is 0.273. The Kier molecular flexibility index (Phi) is 4.99. The number of hydrogen-bond donors (Lipinski definition) is 0. The van der Waals surface area contributed by atoms with Crippen LogP contribution in [0.2, 0.25) is 0 Å². The van der Waals surface area contributed by atoms with Gasteiger partial charge in [0.15, 0.2) is 5.16 Å². The van der Waals surface area contributed by atoms with Crippen molar-refractivity contribution in [3.63, 3.8) is 0 Å². The predicted octanol–water partition coefficient (Wildman–Crippen LogP) is 3.09. The van der Waals surface area contributed by atoms with Crippen molar-refractivity contribution >= 4 is 11.8 Å². The van der Waals surface area contributed by atoms with Crippen molar-refractivity contribution in [2.24, 2.45) is 0 Å². The van der Waals surface area contributed by atoms with Gasteiger partial charge in [0.25, 0.3) is 0 Å². The van der Waals surface area contributed by atoms with Crippen LogP contribution >= 0.6 is 11.8 Å². The number of thioether (sulfide) groups is 1. The summed E-state index contributed by atoms with van der Waals surface area (Å²) in [5, 5.41) is 9.08. The lowest BCUT2D eigenvalue weighted by Crippen LogP contribution is -2.06. The molecule has 0 bridgehead atoms. The fraction of sp³-hybridized carbons (Fsp3) is 0.429. The van der Waals surface area contributed by atoms with E-state index < -0.39 is 0 Å². The van der Waals surface area contributed by atoms with E-state index in [-0.39, 0.29) is 6.10 Å². The lowest BCUT2D eigenvalue weighted by molar-refractivity contribution is 0.0920. The van der Waals surface area contributed by atoms with Gasteiger partial charge in [-0.05, 0) is 32.4 Å². The van der Waals surface area contributed by atoms with Gasteiger partial charge in [0.2, 0.25) is 0 Å². The van der Waals surface area contributed by atoms with Crippen molar-refractivity contribution in [2.45, 2.75) is 32.0 Å². The average molecular weight is 277 g/mol. The molecule has 0 radical (unpaired) electrons. The second kappa shape index (κ2) is 6.73. The van der Waals surface area contributed by atoms with Crippen LogP contribution in [0.25, 0.3) is 5.69 Å². The molecule has 0 unspecified atom stereocenters. The van der Waals surface area contributed by atoms with Crippen LogP contribution in [0, 0.1) is 6.92 Å². The normalized spacial score (nSPS) is 11.2. The van der Waals surface area contributed by atoms with Crippen molar-refractivity contribution in [1.29, 1.82) is 0 Å². The van der Waals surface area contributed by atoms with Crippen molar-refractivity contribution < 1.29 is 4.74 Å². The van der Waals surface area contributed by atoms with E-state index in [0.29, 0.717) is 0 Å². The van der Waals surface area contributed by atoms with Gasteiger partial charge in [-0.1, -0.05) is 30.0 Å². The first-order valence-corrected chi connectivity index (χ1v) is 7.37. The minimum atomic E-state index is 0.273. The Balaban J connectivity index is 2.04. The highest BCUT2D eigenvalue weighted by atomic mass is 32.2. The molecule has 0 fully saturated rings. The molecule has 1 aromatic heterocycles. The fourth-order valence-electron chi connectivity index (χ4n) is 1.74. The van der Waals surface area contributed by atoms with Crippen LogP contribution in [0.1, 0.15) is 19.4 Å². The maximum atomic E-state index is 5.53. The average Bonchev–Trinajstić information content (AvgIpc) is 2.83. The Labute approximate surface area is 118 Å². The van der Waals surface area contributed by atoms with Gasteiger partial charge >= 0.3 is 0 Å². The SMILES string of the molecule is Cc1ccccc1-n1cnnc1SCCOC(C)C. The van der Waals surface area contributed by atoms with Crippen molar-refractivity contribution in [1.82, 2.24) is 14.8 Å². The lowest BCUT2D eigenvalue weighted by atomic mass is 10.2. The van der Waals surface area contributed by atoms with Gasteiger partial charge in [-0.15, -0.1) is 10.2 Å². The van der Waals surface area contributed by atoms with E-state index in [1.165, 1.54) is 5.56 Å². The Hall–Kier alpha value is -1.33. The molecule has 0 amide bonds. The van der Waals surface area contributed by atoms with E-state index in [2.05, 4.69) is 29.3 Å². The number of aryl methyl sites for hydroxylation is 1. The topological polar surface area (TPSA) is 39.9 Å². The fourth-order valence-corrected chi connectivity index (χ4v) is 2.49. The molecule has 4 nitrogen and oxygen atoms in total. The standard InChI is InChI=1S/C14H19N3OS/c1-11(2)18-8-9-19-14-16-15-10-17(14)13-7-5-4-6-12(13)3/h4-7,10-11H,8-9H2,1-3H3. The van der Waals surface area contributed by atoms with E-state index in [9.17, 15) is 0 Å². The van der Waals surface area contributed by atoms with Crippen molar-refractivity contribution in [3.8, 4) is 5.69 Å². The monoisotopic (exact) mass is 277 g/mol. The molecular weight excluding hydrogens is 258 g/mol. The van der Waals surface area contributed by atoms with E-state index >= 15 is 0 Å². The van der Waals surface area contributed by atoms with Gasteiger partial charge in [0, 0.05) is 5.75 Å². The van der Waals surface area contributed by atoms with Gasteiger partial charge in [-0.3, -0.25) is 4.57 Å². The number of para-hydroxylation sites is 1. The summed E-state index contributed by atoms with van der Waals surface area (Å²) in [5.41, 5.74) is 2.34. The van der Waals surface area contributed by atoms with Crippen LogP contribution in [-0.2, 0) is 4.74 Å². The molecule has 0 saturated heterocycles. The number of aromatic nitrogens is 3. The first kappa shape index (κ1) is 14.1. The van der Waals surface area contributed by atoms with Gasteiger partial charge in [-0.25, -0.2) is 0 Å². The molecule has 2 aromatic rings. The van der Waals surface area contributed by atoms with Gasteiger partial charge < -0.3 is 4.74 Å². The first-order chi connectivity index (χ1) is 9.18. The zero-order valence-corrected chi connectivity index (χ0v) is 12.4. The molecule has 102 valence electrons. The molecule has 2 rings (SSSR count). The molecule has 0 aliphatic heterocycles. The highest BCUT2D eigenvalue weighted by molar-refractivity contribution is 7.99. The predicted molar refractivity (Wildman–Crippen MR) is 77.9 cm³/mol. The zero-order chi connectivity index (χ0) is 13.7. The molecule has 19 heavy (non-hydrogen) atoms. The smallest absolute Gasteiger partial charge is 0.195 e. The molecule has 0 saturated carbocycles. The van der Waals surface area contributed by atoms with E-state index in [1.807, 2.05) is 30.5 Å². The minimum Gasteiger partial charge on any atom is -0.378 e. The van der Waals surface area contributed by atoms with Crippen molar-refractivity contribution in [2.75, 3.05) is 12.4 Å². The van der Waals surface area contributed by atoms with Crippen LogP contribution in [0.4, 0.5) is 0 Å². The van der Waals surface area contributed by atoms with Crippen LogP contribution in [0.15, 0.2) is 35.7 Å². The quantitative estimate of drug-likeness (QED) is 0.601. The van der Waals surface area contributed by atoms with Crippen LogP contribution in [0.3, 0.4) is 0 Å². The lowest BCUT2D eigenvalue weighted by Gasteiger charge is -2.09.